The Morgan fingerprint density at radius 3 is 2.89 bits per heavy atom. The summed E-state index contributed by atoms with van der Waals surface area (Å²) in [5.74, 6) is 0.773. The minimum atomic E-state index is -3.75. The van der Waals surface area contributed by atoms with Crippen molar-refractivity contribution in [3.63, 3.8) is 0 Å². The summed E-state index contributed by atoms with van der Waals surface area (Å²) in [4.78, 5) is 4.14. The van der Waals surface area contributed by atoms with E-state index in [0.29, 0.717) is 6.42 Å². The summed E-state index contributed by atoms with van der Waals surface area (Å²) in [6.45, 7) is 1.97. The van der Waals surface area contributed by atoms with Gasteiger partial charge in [0.1, 0.15) is 5.82 Å². The Labute approximate surface area is 118 Å². The zero-order chi connectivity index (χ0) is 13.9. The van der Waals surface area contributed by atoms with E-state index in [-0.39, 0.29) is 11.1 Å². The lowest BCUT2D eigenvalue weighted by atomic mass is 10.0. The Morgan fingerprint density at radius 1 is 1.42 bits per heavy atom. The highest BCUT2D eigenvalue weighted by Gasteiger charge is 2.20. The molecule has 2 rings (SSSR count). The van der Waals surface area contributed by atoms with Crippen molar-refractivity contribution < 1.29 is 8.42 Å². The van der Waals surface area contributed by atoms with Crippen LogP contribution < -0.4 is 0 Å². The van der Waals surface area contributed by atoms with Gasteiger partial charge in [0.05, 0.1) is 6.04 Å². The predicted molar refractivity (Wildman–Crippen MR) is 75.9 cm³/mol. The normalized spacial score (nSPS) is 22.7. The standard InChI is InChI=1S/C13H19ClN2O2S/c1-2-12-15-13(19(14,17)18)10-16(12)11-8-6-4-3-5-7-9-11/h6,8,10-11H,2-5,7,9H2,1H3/b8-6+. The van der Waals surface area contributed by atoms with Crippen LogP contribution >= 0.6 is 10.7 Å². The number of allylic oxidation sites excluding steroid dienone is 2. The van der Waals surface area contributed by atoms with Crippen molar-refractivity contribution in [2.45, 2.75) is 56.5 Å². The molecule has 1 aliphatic carbocycles. The molecule has 0 N–H and O–H groups in total. The van der Waals surface area contributed by atoms with Crippen LogP contribution in [-0.4, -0.2) is 18.0 Å². The fourth-order valence-corrected chi connectivity index (χ4v) is 3.12. The van der Waals surface area contributed by atoms with E-state index in [1.807, 2.05) is 11.5 Å². The molecule has 0 spiro atoms. The van der Waals surface area contributed by atoms with E-state index >= 15 is 0 Å². The molecular formula is C13H19ClN2O2S. The quantitative estimate of drug-likeness (QED) is 0.635. The molecule has 106 valence electrons. The molecule has 0 fully saturated rings. The molecule has 0 saturated heterocycles. The zero-order valence-corrected chi connectivity index (χ0v) is 12.6. The van der Waals surface area contributed by atoms with Crippen molar-refractivity contribution in [1.29, 1.82) is 0 Å². The van der Waals surface area contributed by atoms with Crippen LogP contribution in [-0.2, 0) is 15.5 Å². The van der Waals surface area contributed by atoms with Gasteiger partial charge in [0.2, 0.25) is 0 Å². The molecule has 1 atom stereocenters. The molecule has 6 heteroatoms. The van der Waals surface area contributed by atoms with E-state index in [2.05, 4.69) is 17.1 Å². The Hall–Kier alpha value is -0.810. The van der Waals surface area contributed by atoms with Crippen LogP contribution in [0.1, 0.15) is 50.9 Å². The number of aryl methyl sites for hydroxylation is 1. The van der Waals surface area contributed by atoms with E-state index in [9.17, 15) is 8.42 Å². The Bertz CT molecular complexity index is 563. The third kappa shape index (κ3) is 3.60. The molecule has 1 aromatic rings. The fourth-order valence-electron chi connectivity index (χ4n) is 2.45. The number of hydrogen-bond donors (Lipinski definition) is 0. The van der Waals surface area contributed by atoms with Crippen LogP contribution in [0.5, 0.6) is 0 Å². The molecule has 0 aromatic carbocycles. The summed E-state index contributed by atoms with van der Waals surface area (Å²) in [6.07, 6.45) is 12.3. The second-order valence-corrected chi connectivity index (χ2v) is 7.34. The van der Waals surface area contributed by atoms with Gasteiger partial charge in [-0.15, -0.1) is 0 Å². The molecule has 1 heterocycles. The molecule has 19 heavy (non-hydrogen) atoms. The maximum atomic E-state index is 11.4. The number of nitrogens with zero attached hydrogens (tertiary/aromatic N) is 2. The minimum Gasteiger partial charge on any atom is -0.327 e. The second kappa shape index (κ2) is 6.09. The first kappa shape index (κ1) is 14.6. The molecule has 1 unspecified atom stereocenters. The maximum Gasteiger partial charge on any atom is 0.280 e. The summed E-state index contributed by atoms with van der Waals surface area (Å²) in [6, 6.07) is 0.190. The van der Waals surface area contributed by atoms with E-state index in [4.69, 9.17) is 10.7 Å². The molecule has 0 amide bonds. The van der Waals surface area contributed by atoms with Gasteiger partial charge in [0, 0.05) is 23.3 Å². The molecule has 0 radical (unpaired) electrons. The number of halogens is 1. The van der Waals surface area contributed by atoms with Gasteiger partial charge in [-0.25, -0.2) is 13.4 Å². The minimum absolute atomic E-state index is 0.0403. The van der Waals surface area contributed by atoms with Gasteiger partial charge in [-0.1, -0.05) is 31.9 Å². The second-order valence-electron chi connectivity index (χ2n) is 4.83. The monoisotopic (exact) mass is 302 g/mol. The molecule has 0 saturated carbocycles. The largest absolute Gasteiger partial charge is 0.327 e. The molecule has 4 nitrogen and oxygen atoms in total. The van der Waals surface area contributed by atoms with Gasteiger partial charge in [-0.2, -0.15) is 0 Å². The van der Waals surface area contributed by atoms with Gasteiger partial charge >= 0.3 is 0 Å². The first-order valence-corrected chi connectivity index (χ1v) is 9.02. The van der Waals surface area contributed by atoms with E-state index in [1.165, 1.54) is 12.8 Å². The summed E-state index contributed by atoms with van der Waals surface area (Å²) in [5.41, 5.74) is 0. The van der Waals surface area contributed by atoms with E-state index in [1.54, 1.807) is 6.20 Å². The van der Waals surface area contributed by atoms with Gasteiger partial charge in [0.25, 0.3) is 9.05 Å². The highest BCUT2D eigenvalue weighted by Crippen LogP contribution is 2.25. The molecule has 0 bridgehead atoms. The average molecular weight is 303 g/mol. The van der Waals surface area contributed by atoms with E-state index < -0.39 is 9.05 Å². The van der Waals surface area contributed by atoms with Crippen molar-refractivity contribution in [2.24, 2.45) is 0 Å². The van der Waals surface area contributed by atoms with Gasteiger partial charge in [-0.3, -0.25) is 0 Å². The lowest BCUT2D eigenvalue weighted by Gasteiger charge is -2.18. The van der Waals surface area contributed by atoms with Gasteiger partial charge in [-0.05, 0) is 19.3 Å². The summed E-state index contributed by atoms with van der Waals surface area (Å²) in [7, 11) is 1.62. The highest BCUT2D eigenvalue weighted by molar-refractivity contribution is 8.13. The SMILES string of the molecule is CCc1nc(S(=O)(=O)Cl)cn1C1/C=C/CCCCC1. The summed E-state index contributed by atoms with van der Waals surface area (Å²) in [5, 5.41) is -0.0403. The van der Waals surface area contributed by atoms with Crippen molar-refractivity contribution in [3.05, 3.63) is 24.2 Å². The van der Waals surface area contributed by atoms with Gasteiger partial charge in [0.15, 0.2) is 5.03 Å². The average Bonchev–Trinajstić information content (AvgIpc) is 2.72. The van der Waals surface area contributed by atoms with Gasteiger partial charge < -0.3 is 4.57 Å². The third-order valence-corrected chi connectivity index (χ3v) is 4.61. The van der Waals surface area contributed by atoms with Crippen molar-refractivity contribution in [1.82, 2.24) is 9.55 Å². The fraction of sp³-hybridized carbons (Fsp3) is 0.615. The number of hydrogen-bond acceptors (Lipinski definition) is 3. The molecule has 1 aliphatic rings. The van der Waals surface area contributed by atoms with Crippen LogP contribution in [0.4, 0.5) is 0 Å². The van der Waals surface area contributed by atoms with E-state index in [0.717, 1.165) is 25.1 Å². The van der Waals surface area contributed by atoms with Crippen molar-refractivity contribution in [2.75, 3.05) is 0 Å². The highest BCUT2D eigenvalue weighted by atomic mass is 35.7. The van der Waals surface area contributed by atoms with Crippen LogP contribution in [0, 0.1) is 0 Å². The Kier molecular flexibility index (Phi) is 4.68. The lowest BCUT2D eigenvalue weighted by Crippen LogP contribution is -2.10. The maximum absolute atomic E-state index is 11.4. The molecular weight excluding hydrogens is 284 g/mol. The summed E-state index contributed by atoms with van der Waals surface area (Å²) >= 11 is 0. The topological polar surface area (TPSA) is 52.0 Å². The first-order valence-electron chi connectivity index (χ1n) is 6.71. The van der Waals surface area contributed by atoms with Crippen LogP contribution in [0.15, 0.2) is 23.4 Å². The van der Waals surface area contributed by atoms with Crippen LogP contribution in [0.2, 0.25) is 0 Å². The number of imidazole rings is 1. The third-order valence-electron chi connectivity index (χ3n) is 3.44. The first-order chi connectivity index (χ1) is 9.02. The molecule has 1 aromatic heterocycles. The Balaban J connectivity index is 2.36. The number of rotatable bonds is 3. The molecule has 0 aliphatic heterocycles. The smallest absolute Gasteiger partial charge is 0.280 e. The number of aromatic nitrogens is 2. The zero-order valence-electron chi connectivity index (χ0n) is 11.0. The lowest BCUT2D eigenvalue weighted by molar-refractivity contribution is 0.489. The Morgan fingerprint density at radius 2 is 2.21 bits per heavy atom. The van der Waals surface area contributed by atoms with Crippen molar-refractivity contribution in [3.8, 4) is 0 Å². The summed E-state index contributed by atoms with van der Waals surface area (Å²) < 4.78 is 24.7. The predicted octanol–water partition coefficient (Wildman–Crippen LogP) is 3.43. The van der Waals surface area contributed by atoms with Crippen LogP contribution in [0.3, 0.4) is 0 Å². The van der Waals surface area contributed by atoms with Crippen molar-refractivity contribution >= 4 is 19.7 Å². The van der Waals surface area contributed by atoms with Crippen LogP contribution in [0.25, 0.3) is 0 Å².